The third-order valence-electron chi connectivity index (χ3n) is 4.11. The van der Waals surface area contributed by atoms with E-state index in [2.05, 4.69) is 26.0 Å². The van der Waals surface area contributed by atoms with E-state index in [9.17, 15) is 4.79 Å². The third-order valence-corrected chi connectivity index (χ3v) is 5.36. The van der Waals surface area contributed by atoms with Gasteiger partial charge in [-0.1, -0.05) is 35.3 Å². The van der Waals surface area contributed by atoms with Gasteiger partial charge >= 0.3 is 0 Å². The Labute approximate surface area is 178 Å². The Morgan fingerprint density at radius 1 is 1.04 bits per heavy atom. The van der Waals surface area contributed by atoms with Crippen LogP contribution in [0.1, 0.15) is 5.56 Å². The molecule has 2 heterocycles. The van der Waals surface area contributed by atoms with Gasteiger partial charge in [0.15, 0.2) is 0 Å². The number of hydrogen-bond acceptors (Lipinski definition) is 4. The molecule has 0 N–H and O–H groups in total. The zero-order valence-electron chi connectivity index (χ0n) is 14.5. The van der Waals surface area contributed by atoms with Crippen LogP contribution < -0.4 is 10.3 Å². The fraction of sp³-hybridized carbons (Fsp3) is 0.0500. The van der Waals surface area contributed by atoms with E-state index in [-0.39, 0.29) is 5.56 Å². The summed E-state index contributed by atoms with van der Waals surface area (Å²) in [6.45, 7) is 1.99. The van der Waals surface area contributed by atoms with Crippen LogP contribution in [0.25, 0.3) is 16.6 Å². The highest BCUT2D eigenvalue weighted by atomic mass is 79.9. The van der Waals surface area contributed by atoms with Crippen LogP contribution in [0.15, 0.2) is 64.1 Å². The zero-order valence-corrected chi connectivity index (χ0v) is 17.6. The van der Waals surface area contributed by atoms with Crippen molar-refractivity contribution < 1.29 is 4.74 Å². The van der Waals surface area contributed by atoms with Crippen molar-refractivity contribution in [1.29, 1.82) is 0 Å². The lowest BCUT2D eigenvalue weighted by Crippen LogP contribution is -2.14. The van der Waals surface area contributed by atoms with Gasteiger partial charge in [-0.05, 0) is 58.7 Å². The minimum Gasteiger partial charge on any atom is -0.436 e. The largest absolute Gasteiger partial charge is 0.436 e. The molecule has 0 radical (unpaired) electrons. The van der Waals surface area contributed by atoms with Gasteiger partial charge in [-0.25, -0.2) is 4.52 Å². The molecule has 4 aromatic rings. The number of rotatable bonds is 3. The fourth-order valence-electron chi connectivity index (χ4n) is 2.81. The quantitative estimate of drug-likeness (QED) is 0.368. The molecule has 0 saturated heterocycles. The van der Waals surface area contributed by atoms with Crippen LogP contribution in [0.3, 0.4) is 0 Å². The summed E-state index contributed by atoms with van der Waals surface area (Å²) in [5.74, 6) is 0.972. The predicted octanol–water partition coefficient (Wildman–Crippen LogP) is 5.93. The van der Waals surface area contributed by atoms with Gasteiger partial charge in [0.25, 0.3) is 5.56 Å². The van der Waals surface area contributed by atoms with Crippen molar-refractivity contribution in [2.45, 2.75) is 6.92 Å². The summed E-state index contributed by atoms with van der Waals surface area (Å²) >= 11 is 16.1. The van der Waals surface area contributed by atoms with Gasteiger partial charge in [0.05, 0.1) is 25.6 Å². The minimum atomic E-state index is -0.438. The van der Waals surface area contributed by atoms with Crippen LogP contribution >= 0.6 is 39.1 Å². The molecular formula is C20H12BrCl2N3O2. The summed E-state index contributed by atoms with van der Waals surface area (Å²) in [7, 11) is 0. The monoisotopic (exact) mass is 475 g/mol. The first-order valence-corrected chi connectivity index (χ1v) is 9.76. The van der Waals surface area contributed by atoms with Gasteiger partial charge in [0.2, 0.25) is 5.88 Å². The van der Waals surface area contributed by atoms with E-state index >= 15 is 0 Å². The van der Waals surface area contributed by atoms with Gasteiger partial charge < -0.3 is 4.74 Å². The molecule has 0 aliphatic rings. The van der Waals surface area contributed by atoms with E-state index in [0.29, 0.717) is 32.8 Å². The molecule has 2 aromatic heterocycles. The Morgan fingerprint density at radius 3 is 2.50 bits per heavy atom. The van der Waals surface area contributed by atoms with Crippen LogP contribution in [-0.4, -0.2) is 14.6 Å². The van der Waals surface area contributed by atoms with Crippen molar-refractivity contribution in [3.05, 3.63) is 85.3 Å². The average Bonchev–Trinajstić information content (AvgIpc) is 2.65. The number of halogens is 3. The summed E-state index contributed by atoms with van der Waals surface area (Å²) in [5.41, 5.74) is 1.90. The standard InChI is InChI=1S/C20H12BrCl2N3O2/c1-11-5-7-16(12(21)9-11)28-17-8-6-15-19(20(27)24-10-26(15)25-17)18-13(22)3-2-4-14(18)23/h2-10H,1H3. The molecule has 0 atom stereocenters. The van der Waals surface area contributed by atoms with Crippen LogP contribution in [0.5, 0.6) is 11.6 Å². The van der Waals surface area contributed by atoms with Gasteiger partial charge in [-0.2, -0.15) is 4.98 Å². The lowest BCUT2D eigenvalue weighted by atomic mass is 10.1. The molecule has 140 valence electrons. The van der Waals surface area contributed by atoms with E-state index < -0.39 is 5.56 Å². The number of hydrogen-bond donors (Lipinski definition) is 0. The van der Waals surface area contributed by atoms with Crippen molar-refractivity contribution >= 4 is 44.6 Å². The summed E-state index contributed by atoms with van der Waals surface area (Å²) in [5, 5.41) is 5.14. The van der Waals surface area contributed by atoms with Gasteiger partial charge in [-0.3, -0.25) is 4.79 Å². The third kappa shape index (κ3) is 3.51. The molecule has 8 heteroatoms. The maximum atomic E-state index is 12.5. The number of aryl methyl sites for hydroxylation is 1. The van der Waals surface area contributed by atoms with E-state index in [1.165, 1.54) is 10.8 Å². The van der Waals surface area contributed by atoms with Gasteiger partial charge in [0, 0.05) is 11.6 Å². The molecular weight excluding hydrogens is 465 g/mol. The smallest absolute Gasteiger partial charge is 0.281 e. The van der Waals surface area contributed by atoms with Gasteiger partial charge in [-0.15, -0.1) is 5.10 Å². The molecule has 2 aromatic carbocycles. The molecule has 0 saturated carbocycles. The van der Waals surface area contributed by atoms with Crippen molar-refractivity contribution in [3.63, 3.8) is 0 Å². The molecule has 28 heavy (non-hydrogen) atoms. The topological polar surface area (TPSA) is 56.5 Å². The van der Waals surface area contributed by atoms with Crippen molar-refractivity contribution in [3.8, 4) is 22.8 Å². The molecule has 4 rings (SSSR count). The molecule has 0 amide bonds. The van der Waals surface area contributed by atoms with Crippen LogP contribution in [0.2, 0.25) is 10.0 Å². The normalized spacial score (nSPS) is 11.0. The van der Waals surface area contributed by atoms with E-state index in [4.69, 9.17) is 27.9 Å². The van der Waals surface area contributed by atoms with Crippen molar-refractivity contribution in [2.75, 3.05) is 0 Å². The van der Waals surface area contributed by atoms with E-state index in [0.717, 1.165) is 10.0 Å². The molecule has 0 aliphatic carbocycles. The Balaban J connectivity index is 1.84. The molecule has 0 aliphatic heterocycles. The number of ether oxygens (including phenoxy) is 1. The lowest BCUT2D eigenvalue weighted by molar-refractivity contribution is 0.449. The Kier molecular flexibility index (Phi) is 5.10. The van der Waals surface area contributed by atoms with Gasteiger partial charge in [0.1, 0.15) is 12.1 Å². The highest BCUT2D eigenvalue weighted by molar-refractivity contribution is 9.10. The second kappa shape index (κ2) is 7.54. The summed E-state index contributed by atoms with van der Waals surface area (Å²) in [4.78, 5) is 16.4. The van der Waals surface area contributed by atoms with Crippen LogP contribution in [-0.2, 0) is 0 Å². The maximum Gasteiger partial charge on any atom is 0.281 e. The average molecular weight is 477 g/mol. The second-order valence-electron chi connectivity index (χ2n) is 6.06. The first kappa shape index (κ1) is 18.9. The second-order valence-corrected chi connectivity index (χ2v) is 7.73. The number of nitrogens with zero attached hydrogens (tertiary/aromatic N) is 3. The summed E-state index contributed by atoms with van der Waals surface area (Å²) in [6, 6.07) is 14.2. The highest BCUT2D eigenvalue weighted by Crippen LogP contribution is 2.35. The minimum absolute atomic E-state index is 0.286. The Bertz CT molecular complexity index is 1250. The molecule has 0 fully saturated rings. The van der Waals surface area contributed by atoms with Crippen molar-refractivity contribution in [2.24, 2.45) is 0 Å². The number of aromatic nitrogens is 3. The zero-order chi connectivity index (χ0) is 19.8. The molecule has 0 spiro atoms. The summed E-state index contributed by atoms with van der Waals surface area (Å²) in [6.07, 6.45) is 1.34. The maximum absolute atomic E-state index is 12.5. The summed E-state index contributed by atoms with van der Waals surface area (Å²) < 4.78 is 8.14. The SMILES string of the molecule is Cc1ccc(Oc2ccc3c(-c4c(Cl)cccc4Cl)c(=O)ncn3n2)c(Br)c1. The first-order chi connectivity index (χ1) is 13.4. The number of fused-ring (bicyclic) bond motifs is 1. The van der Waals surface area contributed by atoms with Crippen LogP contribution in [0.4, 0.5) is 0 Å². The lowest BCUT2D eigenvalue weighted by Gasteiger charge is -2.11. The van der Waals surface area contributed by atoms with Crippen molar-refractivity contribution in [1.82, 2.24) is 14.6 Å². The van der Waals surface area contributed by atoms with E-state index in [1.54, 1.807) is 30.3 Å². The molecule has 5 nitrogen and oxygen atoms in total. The number of benzene rings is 2. The highest BCUT2D eigenvalue weighted by Gasteiger charge is 2.17. The Hall–Kier alpha value is -2.41. The van der Waals surface area contributed by atoms with E-state index in [1.807, 2.05) is 25.1 Å². The molecule has 0 bridgehead atoms. The van der Waals surface area contributed by atoms with Crippen LogP contribution in [0, 0.1) is 6.92 Å². The first-order valence-electron chi connectivity index (χ1n) is 8.21. The molecule has 0 unspecified atom stereocenters. The predicted molar refractivity (Wildman–Crippen MR) is 114 cm³/mol. The Morgan fingerprint density at radius 2 is 1.79 bits per heavy atom. The fourth-order valence-corrected chi connectivity index (χ4v) is 3.98.